The summed E-state index contributed by atoms with van der Waals surface area (Å²) >= 11 is 0. The molecule has 5 saturated heterocycles. The number of benzene rings is 1. The molecule has 32 heteroatoms. The van der Waals surface area contributed by atoms with Crippen LogP contribution >= 0.6 is 0 Å². The molecule has 5 aliphatic heterocycles. The number of amides is 5. The molecule has 1 aromatic carbocycles. The van der Waals surface area contributed by atoms with Gasteiger partial charge in [-0.3, -0.25) is 24.0 Å². The Kier molecular flexibility index (Phi) is 28.3. The quantitative estimate of drug-likeness (QED) is 0.0288. The van der Waals surface area contributed by atoms with Gasteiger partial charge in [-0.1, -0.05) is 32.3 Å². The second-order valence-corrected chi connectivity index (χ2v) is 22.0. The van der Waals surface area contributed by atoms with E-state index in [9.17, 15) is 85.3 Å². The van der Waals surface area contributed by atoms with Crippen molar-refractivity contribution in [3.8, 4) is 17.6 Å². The van der Waals surface area contributed by atoms with Crippen molar-refractivity contribution >= 4 is 29.5 Å². The summed E-state index contributed by atoms with van der Waals surface area (Å²) in [5.74, 6) is 2.72. The predicted molar refractivity (Wildman–Crippen MR) is 296 cm³/mol. The van der Waals surface area contributed by atoms with Crippen LogP contribution < -0.4 is 31.3 Å². The minimum Gasteiger partial charge on any atom is -0.494 e. The molecule has 498 valence electrons. The van der Waals surface area contributed by atoms with Crippen LogP contribution in [0, 0.1) is 11.8 Å². The van der Waals surface area contributed by atoms with E-state index in [1.807, 2.05) is 0 Å². The molecule has 1 aromatic rings. The lowest BCUT2D eigenvalue weighted by atomic mass is 9.93. The van der Waals surface area contributed by atoms with Crippen LogP contribution in [0.2, 0.25) is 0 Å². The molecule has 0 saturated carbocycles. The number of ether oxygens (including phenoxy) is 10. The third-order valence-corrected chi connectivity index (χ3v) is 15.3. The average Bonchev–Trinajstić information content (AvgIpc) is 1.44. The number of carbonyl (C=O) groups excluding carboxylic acids is 5. The average molecular weight is 1260 g/mol. The first-order valence-corrected chi connectivity index (χ1v) is 29.3. The monoisotopic (exact) mass is 1260 g/mol. The zero-order chi connectivity index (χ0) is 64.5. The fourth-order valence-corrected chi connectivity index (χ4v) is 11.0. The molecule has 0 aromatic heterocycles. The van der Waals surface area contributed by atoms with Gasteiger partial charge in [0.25, 0.3) is 5.91 Å². The van der Waals surface area contributed by atoms with Gasteiger partial charge in [-0.2, -0.15) is 0 Å². The van der Waals surface area contributed by atoms with Crippen molar-refractivity contribution in [2.45, 2.75) is 233 Å². The zero-order valence-electron chi connectivity index (χ0n) is 49.4. The molecule has 5 fully saturated rings. The fourth-order valence-electron chi connectivity index (χ4n) is 11.0. The maximum absolute atomic E-state index is 13.9. The van der Waals surface area contributed by atoms with Gasteiger partial charge >= 0.3 is 0 Å². The molecule has 0 bridgehead atoms. The minimum atomic E-state index is -2.03. The summed E-state index contributed by atoms with van der Waals surface area (Å²) in [5.41, 5.74) is 0.0436. The second kappa shape index (κ2) is 34.5. The molecule has 5 amide bonds. The lowest BCUT2D eigenvalue weighted by Gasteiger charge is -2.51. The molecule has 0 radical (unpaired) electrons. The molecule has 17 N–H and O–H groups in total. The number of hydrogen-bond donors (Lipinski definition) is 17. The smallest absolute Gasteiger partial charge is 0.251 e. The Labute approximate surface area is 507 Å². The first kappa shape index (κ1) is 72.2. The van der Waals surface area contributed by atoms with E-state index in [1.165, 1.54) is 18.6 Å². The van der Waals surface area contributed by atoms with E-state index in [4.69, 9.17) is 47.4 Å². The van der Waals surface area contributed by atoms with Crippen LogP contribution in [0.3, 0.4) is 0 Å². The Morgan fingerprint density at radius 2 is 0.830 bits per heavy atom. The molecule has 32 nitrogen and oxygen atoms in total. The molecule has 25 atom stereocenters. The summed E-state index contributed by atoms with van der Waals surface area (Å²) in [7, 11) is 0. The Balaban J connectivity index is 1.18. The Bertz CT molecular complexity index is 2460. The van der Waals surface area contributed by atoms with E-state index < -0.39 is 216 Å². The number of rotatable bonds is 27. The van der Waals surface area contributed by atoms with Crippen molar-refractivity contribution in [1.29, 1.82) is 0 Å². The highest BCUT2D eigenvalue weighted by Crippen LogP contribution is 2.36. The number of carbonyl (C=O) groups is 5. The summed E-state index contributed by atoms with van der Waals surface area (Å²) in [5, 5.41) is 145. The van der Waals surface area contributed by atoms with E-state index >= 15 is 0 Å². The van der Waals surface area contributed by atoms with E-state index in [2.05, 4.69) is 45.3 Å². The van der Waals surface area contributed by atoms with Crippen LogP contribution in [0.15, 0.2) is 24.3 Å². The van der Waals surface area contributed by atoms with Crippen LogP contribution in [-0.4, -0.2) is 284 Å². The number of nitrogens with one attached hydrogen (secondary N) is 5. The molecule has 88 heavy (non-hydrogen) atoms. The lowest BCUT2D eigenvalue weighted by molar-refractivity contribution is -0.367. The number of unbranched alkanes of at least 4 members (excludes halogenated alkanes) is 5. The maximum atomic E-state index is 13.9. The highest BCUT2D eigenvalue weighted by molar-refractivity contribution is 5.94. The van der Waals surface area contributed by atoms with E-state index in [0.717, 1.165) is 53.4 Å². The van der Waals surface area contributed by atoms with Crippen LogP contribution in [0.1, 0.15) is 89.9 Å². The number of aliphatic hydroxyl groups is 12. The van der Waals surface area contributed by atoms with Crippen molar-refractivity contribution in [2.24, 2.45) is 0 Å². The summed E-state index contributed by atoms with van der Waals surface area (Å²) < 4.78 is 59.8. The van der Waals surface area contributed by atoms with Crippen molar-refractivity contribution in [1.82, 2.24) is 26.6 Å². The SMILES string of the molecule is CCCCCCC#CCCCOc1cccc(C(=O)N[C@H]2C(O[C@H]3C(O)C(NC(C)=O)C(OC4C(CO)O[C@@H](O[C@H]5C(O)C(NC(C)=O)C(OC6C(CO)OC(O)[C@H](NC(C)=O)[C@H]6O)O[C@@H]5CO)[C@H](NC(C)=O)[C@H]4O)O[C@@H]3CO)OC(CO)[C@H](O)[C@@H]2O)c1. The van der Waals surface area contributed by atoms with Gasteiger partial charge in [-0.25, -0.2) is 0 Å². The molecule has 6 rings (SSSR count). The topological polar surface area (TPSA) is 481 Å². The third kappa shape index (κ3) is 18.6. The summed E-state index contributed by atoms with van der Waals surface area (Å²) in [6, 6.07) is -2.26. The van der Waals surface area contributed by atoms with Gasteiger partial charge in [0, 0.05) is 46.1 Å². The molecular weight excluding hydrogens is 1170 g/mol. The lowest BCUT2D eigenvalue weighted by Crippen LogP contribution is -2.72. The van der Waals surface area contributed by atoms with Crippen LogP contribution in [0.5, 0.6) is 5.75 Å². The van der Waals surface area contributed by atoms with Gasteiger partial charge in [-0.15, -0.1) is 11.8 Å². The summed E-state index contributed by atoms with van der Waals surface area (Å²) in [6.45, 7) is 1.92. The van der Waals surface area contributed by atoms with Gasteiger partial charge < -0.3 is 135 Å². The van der Waals surface area contributed by atoms with Crippen molar-refractivity contribution in [2.75, 3.05) is 39.6 Å². The predicted octanol–water partition coefficient (Wildman–Crippen LogP) is -6.78. The van der Waals surface area contributed by atoms with Crippen LogP contribution in [0.4, 0.5) is 0 Å². The van der Waals surface area contributed by atoms with Crippen molar-refractivity contribution < 1.29 is 133 Å². The van der Waals surface area contributed by atoms with Crippen LogP contribution in [0.25, 0.3) is 0 Å². The first-order chi connectivity index (χ1) is 42.0. The number of hydrogen-bond acceptors (Lipinski definition) is 27. The largest absolute Gasteiger partial charge is 0.494 e. The van der Waals surface area contributed by atoms with Gasteiger partial charge in [0.1, 0.15) is 128 Å². The van der Waals surface area contributed by atoms with Crippen molar-refractivity contribution in [3.63, 3.8) is 0 Å². The Morgan fingerprint density at radius 1 is 0.455 bits per heavy atom. The van der Waals surface area contributed by atoms with Gasteiger partial charge in [-0.05, 0) is 31.0 Å². The van der Waals surface area contributed by atoms with E-state index in [0.29, 0.717) is 25.2 Å². The van der Waals surface area contributed by atoms with E-state index in [1.54, 1.807) is 12.1 Å². The van der Waals surface area contributed by atoms with Gasteiger partial charge in [0.2, 0.25) is 23.6 Å². The Morgan fingerprint density at radius 3 is 1.24 bits per heavy atom. The maximum Gasteiger partial charge on any atom is 0.251 e. The molecule has 5 heterocycles. The van der Waals surface area contributed by atoms with E-state index in [-0.39, 0.29) is 5.56 Å². The number of aliphatic hydroxyl groups excluding tert-OH is 12. The standard InChI is InChI=1S/C56H87N5O27/c1-6-7-8-9-10-11-12-13-14-18-79-30-17-15-16-29(19-30)51(77)61-37-42(72)41(71)31(20-62)81-53(37)86-48-33(22-64)83-55(39(44(48)74)59-27(4)69)88-50-35(24-66)84-56(40(46(50)76)60-28(5)70)87-49-34(23-65)82-54(38(45(49)75)58-26(3)68)85-47-32(21-63)80-52(78)36(43(47)73)57-25(2)67/h15-17,19,31-50,52-56,62-66,71-76,78H,6-10,13-14,18,20-24H2,1-5H3,(H,57,67)(H,58,68)(H,59,69)(H,60,70)(H,61,77)/t31?,32?,33-,34-,35?,36-,37-,38?,39?,40-,41+,42-,43-,44?,45?,46-,47?,48-,49-,50?,52?,53?,54?,55?,56+/m1/s1. The molecule has 0 spiro atoms. The minimum absolute atomic E-state index is 0.0436. The first-order valence-electron chi connectivity index (χ1n) is 29.3. The molecule has 5 aliphatic rings. The summed E-state index contributed by atoms with van der Waals surface area (Å²) in [6.07, 6.45) is -29.4. The fraction of sp³-hybridized carbons (Fsp3) is 0.768. The third-order valence-electron chi connectivity index (χ3n) is 15.3. The Hall–Kier alpha value is -4.91. The summed E-state index contributed by atoms with van der Waals surface area (Å²) in [4.78, 5) is 64.1. The highest BCUT2D eigenvalue weighted by Gasteiger charge is 2.58. The zero-order valence-corrected chi connectivity index (χ0v) is 49.4. The highest BCUT2D eigenvalue weighted by atomic mass is 16.8. The van der Waals surface area contributed by atoms with Gasteiger partial charge in [0.05, 0.1) is 39.6 Å². The molecular formula is C56H87N5O27. The normalized spacial score (nSPS) is 37.5. The second-order valence-electron chi connectivity index (χ2n) is 22.0. The molecule has 13 unspecified atom stereocenters. The van der Waals surface area contributed by atoms with Gasteiger partial charge in [0.15, 0.2) is 31.5 Å². The van der Waals surface area contributed by atoms with Crippen LogP contribution in [-0.2, 0) is 61.8 Å². The molecule has 0 aliphatic carbocycles. The van der Waals surface area contributed by atoms with Crippen molar-refractivity contribution in [3.05, 3.63) is 29.8 Å².